The highest BCUT2D eigenvalue weighted by Crippen LogP contribution is 2.38. The summed E-state index contributed by atoms with van der Waals surface area (Å²) in [6.07, 6.45) is 2.27. The Labute approximate surface area is 202 Å². The van der Waals surface area contributed by atoms with Crippen LogP contribution in [0.3, 0.4) is 0 Å². The Kier molecular flexibility index (Phi) is 6.34. The Morgan fingerprint density at radius 2 is 1.91 bits per heavy atom. The van der Waals surface area contributed by atoms with Crippen molar-refractivity contribution in [3.05, 3.63) is 75.3 Å². The highest BCUT2D eigenvalue weighted by molar-refractivity contribution is 6.09. The number of pyridine rings is 1. The molecule has 182 valence electrons. The summed E-state index contributed by atoms with van der Waals surface area (Å²) in [6.45, 7) is 3.32. The van der Waals surface area contributed by atoms with E-state index in [4.69, 9.17) is 5.73 Å². The normalized spacial score (nSPS) is 12.8. The molecule has 4 rings (SSSR count). The van der Waals surface area contributed by atoms with E-state index in [2.05, 4.69) is 5.32 Å². The fraction of sp³-hybridized carbons (Fsp3) is 0.269. The number of nitrogens with two attached hydrogens (primary N) is 1. The fourth-order valence-electron chi connectivity index (χ4n) is 4.14. The van der Waals surface area contributed by atoms with Gasteiger partial charge in [0.1, 0.15) is 17.2 Å². The Morgan fingerprint density at radius 1 is 1.20 bits per heavy atom. The molecule has 9 heteroatoms. The third-order valence-electron chi connectivity index (χ3n) is 6.29. The first-order valence-corrected chi connectivity index (χ1v) is 11.3. The van der Waals surface area contributed by atoms with E-state index >= 15 is 0 Å². The molecule has 2 aromatic carbocycles. The van der Waals surface area contributed by atoms with E-state index in [1.165, 1.54) is 22.6 Å². The molecule has 3 N–H and O–H groups in total. The van der Waals surface area contributed by atoms with Gasteiger partial charge in [-0.1, -0.05) is 12.1 Å². The van der Waals surface area contributed by atoms with Gasteiger partial charge in [-0.15, -0.1) is 0 Å². The van der Waals surface area contributed by atoms with Gasteiger partial charge in [0.25, 0.3) is 11.5 Å². The van der Waals surface area contributed by atoms with Crippen LogP contribution in [0, 0.1) is 19.7 Å². The van der Waals surface area contributed by atoms with Gasteiger partial charge in [0, 0.05) is 31.4 Å². The second kappa shape index (κ2) is 9.25. The first kappa shape index (κ1) is 24.0. The SMILES string of the molecule is Cc1ccc(Nc2c(C(=O)N(C)C3CC3)c(N(C=O)c3cccc(N)c3)c(C)c(=O)n2C)c(F)c1. The van der Waals surface area contributed by atoms with Gasteiger partial charge in [-0.2, -0.15) is 0 Å². The molecule has 1 aliphatic rings. The molecule has 1 aromatic heterocycles. The third kappa shape index (κ3) is 4.49. The minimum atomic E-state index is -0.531. The van der Waals surface area contributed by atoms with E-state index in [0.29, 0.717) is 17.8 Å². The van der Waals surface area contributed by atoms with Crippen LogP contribution in [0.1, 0.15) is 34.3 Å². The highest BCUT2D eigenvalue weighted by Gasteiger charge is 2.35. The molecule has 0 unspecified atom stereocenters. The molecule has 0 bridgehead atoms. The van der Waals surface area contributed by atoms with Crippen molar-refractivity contribution in [2.75, 3.05) is 23.0 Å². The maximum atomic E-state index is 14.8. The predicted molar refractivity (Wildman–Crippen MR) is 135 cm³/mol. The number of hydrogen-bond acceptors (Lipinski definition) is 5. The van der Waals surface area contributed by atoms with Crippen LogP contribution >= 0.6 is 0 Å². The monoisotopic (exact) mass is 477 g/mol. The second-order valence-electron chi connectivity index (χ2n) is 8.89. The van der Waals surface area contributed by atoms with Crippen LogP contribution in [0.15, 0.2) is 47.3 Å². The molecule has 0 radical (unpaired) electrons. The number of carbonyl (C=O) groups excluding carboxylic acids is 2. The molecular formula is C26H28FN5O3. The van der Waals surface area contributed by atoms with Crippen molar-refractivity contribution < 1.29 is 14.0 Å². The smallest absolute Gasteiger partial charge is 0.259 e. The molecule has 1 saturated carbocycles. The second-order valence-corrected chi connectivity index (χ2v) is 8.89. The van der Waals surface area contributed by atoms with Gasteiger partial charge in [-0.3, -0.25) is 23.9 Å². The first-order chi connectivity index (χ1) is 16.6. The average Bonchev–Trinajstić information content (AvgIpc) is 3.67. The lowest BCUT2D eigenvalue weighted by atomic mass is 10.1. The van der Waals surface area contributed by atoms with Crippen LogP contribution < -0.4 is 21.5 Å². The number of nitrogen functional groups attached to an aromatic ring is 1. The summed E-state index contributed by atoms with van der Waals surface area (Å²) < 4.78 is 16.1. The number of halogens is 1. The summed E-state index contributed by atoms with van der Waals surface area (Å²) in [6, 6.07) is 11.3. The van der Waals surface area contributed by atoms with Gasteiger partial charge in [0.2, 0.25) is 6.41 Å². The number of nitrogens with one attached hydrogen (secondary N) is 1. The number of aromatic nitrogens is 1. The summed E-state index contributed by atoms with van der Waals surface area (Å²) in [5, 5.41) is 2.95. The number of benzene rings is 2. The van der Waals surface area contributed by atoms with Crippen molar-refractivity contribution in [1.29, 1.82) is 0 Å². The molecule has 8 nitrogen and oxygen atoms in total. The van der Waals surface area contributed by atoms with Crippen LogP contribution in [0.2, 0.25) is 0 Å². The summed E-state index contributed by atoms with van der Waals surface area (Å²) >= 11 is 0. The maximum absolute atomic E-state index is 14.8. The standard InChI is InChI=1S/C26H28FN5O3/c1-15-8-11-21(20(27)12-15)29-24-22(26(35)30(3)18-9-10-18)23(16(2)25(34)31(24)4)32(14-33)19-7-5-6-17(28)13-19/h5-8,11-14,18,29H,9-10,28H2,1-4H3. The quantitative estimate of drug-likeness (QED) is 0.396. The Balaban J connectivity index is 2.01. The molecule has 0 saturated heterocycles. The van der Waals surface area contributed by atoms with Crippen LogP contribution in [0.25, 0.3) is 0 Å². The zero-order chi connectivity index (χ0) is 25.4. The maximum Gasteiger partial charge on any atom is 0.259 e. The Bertz CT molecular complexity index is 1380. The number of amides is 2. The Hall–Kier alpha value is -4.14. The number of carbonyl (C=O) groups is 2. The molecule has 3 aromatic rings. The molecule has 1 fully saturated rings. The topological polar surface area (TPSA) is 101 Å². The number of rotatable bonds is 7. The van der Waals surface area contributed by atoms with E-state index in [-0.39, 0.29) is 40.3 Å². The predicted octanol–water partition coefficient (Wildman–Crippen LogP) is 4.00. The molecule has 0 spiro atoms. The van der Waals surface area contributed by atoms with Crippen molar-refractivity contribution in [2.45, 2.75) is 32.7 Å². The van der Waals surface area contributed by atoms with Gasteiger partial charge < -0.3 is 16.0 Å². The van der Waals surface area contributed by atoms with E-state index < -0.39 is 11.4 Å². The van der Waals surface area contributed by atoms with Gasteiger partial charge >= 0.3 is 0 Å². The minimum absolute atomic E-state index is 0.0638. The van der Waals surface area contributed by atoms with E-state index in [1.54, 1.807) is 62.2 Å². The van der Waals surface area contributed by atoms with Crippen LogP contribution in [0.4, 0.5) is 33.0 Å². The van der Waals surface area contributed by atoms with Crippen molar-refractivity contribution in [3.8, 4) is 0 Å². The van der Waals surface area contributed by atoms with Crippen molar-refractivity contribution >= 4 is 40.9 Å². The van der Waals surface area contributed by atoms with Gasteiger partial charge in [-0.25, -0.2) is 4.39 Å². The van der Waals surface area contributed by atoms with Crippen molar-refractivity contribution in [1.82, 2.24) is 9.47 Å². The first-order valence-electron chi connectivity index (χ1n) is 11.3. The zero-order valence-electron chi connectivity index (χ0n) is 20.1. The lowest BCUT2D eigenvalue weighted by Gasteiger charge is -2.28. The van der Waals surface area contributed by atoms with Crippen molar-refractivity contribution in [2.24, 2.45) is 7.05 Å². The number of nitrogens with zero attached hydrogens (tertiary/aromatic N) is 3. The number of aryl methyl sites for hydroxylation is 1. The fourth-order valence-corrected chi connectivity index (χ4v) is 4.14. The molecule has 0 atom stereocenters. The average molecular weight is 478 g/mol. The summed E-state index contributed by atoms with van der Waals surface area (Å²) in [5.74, 6) is -0.824. The lowest BCUT2D eigenvalue weighted by molar-refractivity contribution is -0.106. The van der Waals surface area contributed by atoms with E-state index in [0.717, 1.165) is 18.4 Å². The van der Waals surface area contributed by atoms with E-state index in [1.807, 2.05) is 0 Å². The van der Waals surface area contributed by atoms with Gasteiger partial charge in [0.05, 0.1) is 17.1 Å². The van der Waals surface area contributed by atoms with Crippen LogP contribution in [-0.2, 0) is 11.8 Å². The van der Waals surface area contributed by atoms with Crippen LogP contribution in [-0.4, -0.2) is 34.9 Å². The van der Waals surface area contributed by atoms with Gasteiger partial charge in [-0.05, 0) is 62.6 Å². The molecular weight excluding hydrogens is 449 g/mol. The minimum Gasteiger partial charge on any atom is -0.399 e. The number of anilines is 5. The number of hydrogen-bond donors (Lipinski definition) is 2. The zero-order valence-corrected chi connectivity index (χ0v) is 20.1. The highest BCUT2D eigenvalue weighted by atomic mass is 19.1. The molecule has 35 heavy (non-hydrogen) atoms. The molecule has 1 aliphatic carbocycles. The summed E-state index contributed by atoms with van der Waals surface area (Å²) in [5.41, 5.74) is 7.56. The summed E-state index contributed by atoms with van der Waals surface area (Å²) in [7, 11) is 3.19. The van der Waals surface area contributed by atoms with Gasteiger partial charge in [0.15, 0.2) is 0 Å². The van der Waals surface area contributed by atoms with Crippen molar-refractivity contribution in [3.63, 3.8) is 0 Å². The lowest BCUT2D eigenvalue weighted by Crippen LogP contribution is -2.35. The van der Waals surface area contributed by atoms with Crippen LogP contribution in [0.5, 0.6) is 0 Å². The molecule has 0 aliphatic heterocycles. The largest absolute Gasteiger partial charge is 0.399 e. The molecule has 1 heterocycles. The Morgan fingerprint density at radius 3 is 2.51 bits per heavy atom. The van der Waals surface area contributed by atoms with E-state index in [9.17, 15) is 18.8 Å². The third-order valence-corrected chi connectivity index (χ3v) is 6.29. The summed E-state index contributed by atoms with van der Waals surface area (Å²) in [4.78, 5) is 42.3. The molecule has 2 amide bonds.